The molecule has 0 aliphatic carbocycles. The number of amides is 1. The number of halogens is 2. The fourth-order valence-corrected chi connectivity index (χ4v) is 2.40. The summed E-state index contributed by atoms with van der Waals surface area (Å²) in [7, 11) is -4.72. The average Bonchev–Trinajstić information content (AvgIpc) is 2.43. The second-order valence-electron chi connectivity index (χ2n) is 4.48. The molecule has 0 spiro atoms. The molecule has 0 saturated carbocycles. The van der Waals surface area contributed by atoms with Crippen molar-refractivity contribution in [1.29, 1.82) is 0 Å². The van der Waals surface area contributed by atoms with Gasteiger partial charge in [0.05, 0.1) is 4.90 Å². The third kappa shape index (κ3) is 5.40. The van der Waals surface area contributed by atoms with Crippen molar-refractivity contribution in [2.75, 3.05) is 5.32 Å². The van der Waals surface area contributed by atoms with Gasteiger partial charge < -0.3 is 10.4 Å². The van der Waals surface area contributed by atoms with Gasteiger partial charge in [-0.15, -0.1) is 0 Å². The molecule has 0 fully saturated rings. The third-order valence-corrected chi connectivity index (χ3v) is 4.11. The lowest BCUT2D eigenvalue weighted by Crippen LogP contribution is -2.14. The highest BCUT2D eigenvalue weighted by Gasteiger charge is 2.26. The van der Waals surface area contributed by atoms with Crippen molar-refractivity contribution >= 4 is 27.4 Å². The third-order valence-electron chi connectivity index (χ3n) is 2.73. The van der Waals surface area contributed by atoms with E-state index in [4.69, 9.17) is 5.11 Å². The molecular formula is C13H15F2NO5S. The minimum Gasteiger partial charge on any atom is -0.481 e. The zero-order valence-corrected chi connectivity index (χ0v) is 12.3. The van der Waals surface area contributed by atoms with E-state index in [2.05, 4.69) is 5.32 Å². The van der Waals surface area contributed by atoms with Gasteiger partial charge in [0.2, 0.25) is 15.7 Å². The molecule has 9 heteroatoms. The molecule has 0 heterocycles. The van der Waals surface area contributed by atoms with E-state index < -0.39 is 32.4 Å². The lowest BCUT2D eigenvalue weighted by molar-refractivity contribution is -0.137. The van der Waals surface area contributed by atoms with Crippen LogP contribution in [0.3, 0.4) is 0 Å². The van der Waals surface area contributed by atoms with Crippen molar-refractivity contribution < 1.29 is 31.9 Å². The van der Waals surface area contributed by atoms with Crippen molar-refractivity contribution in [3.8, 4) is 0 Å². The van der Waals surface area contributed by atoms with Crippen LogP contribution in [-0.4, -0.2) is 31.2 Å². The summed E-state index contributed by atoms with van der Waals surface area (Å²) in [6.07, 6.45) is 0.699. The molecule has 0 bridgehead atoms. The molecule has 1 aromatic rings. The summed E-state index contributed by atoms with van der Waals surface area (Å²) in [5, 5.41) is 10.8. The summed E-state index contributed by atoms with van der Waals surface area (Å²) in [6.45, 7) is 0. The zero-order chi connectivity index (χ0) is 16.8. The molecule has 2 N–H and O–H groups in total. The van der Waals surface area contributed by atoms with Crippen LogP contribution in [0.4, 0.5) is 14.5 Å². The molecule has 1 amide bonds. The van der Waals surface area contributed by atoms with Crippen molar-refractivity contribution in [3.63, 3.8) is 0 Å². The SMILES string of the molecule is O=C(O)CCCCC(=O)Nc1cccc(S(=O)(=O)C(F)F)c1. The van der Waals surface area contributed by atoms with Gasteiger partial charge in [-0.3, -0.25) is 9.59 Å². The van der Waals surface area contributed by atoms with Gasteiger partial charge in [0.15, 0.2) is 0 Å². The lowest BCUT2D eigenvalue weighted by Gasteiger charge is -2.08. The normalized spacial score (nSPS) is 11.4. The van der Waals surface area contributed by atoms with E-state index in [9.17, 15) is 26.8 Å². The van der Waals surface area contributed by atoms with Crippen LogP contribution < -0.4 is 5.32 Å². The molecule has 0 unspecified atom stereocenters. The lowest BCUT2D eigenvalue weighted by atomic mass is 10.2. The molecule has 122 valence electrons. The summed E-state index contributed by atoms with van der Waals surface area (Å²) >= 11 is 0. The highest BCUT2D eigenvalue weighted by molar-refractivity contribution is 7.91. The largest absolute Gasteiger partial charge is 0.481 e. The molecule has 0 atom stereocenters. The first kappa shape index (κ1) is 18.0. The summed E-state index contributed by atoms with van der Waals surface area (Å²) in [5.74, 6) is -4.93. The van der Waals surface area contributed by atoms with Crippen LogP contribution in [0.15, 0.2) is 29.2 Å². The van der Waals surface area contributed by atoms with Crippen LogP contribution in [0, 0.1) is 0 Å². The minimum absolute atomic E-state index is 0.0462. The predicted molar refractivity (Wildman–Crippen MR) is 74.4 cm³/mol. The average molecular weight is 335 g/mol. The number of nitrogens with one attached hydrogen (secondary N) is 1. The number of carbonyl (C=O) groups is 2. The first-order valence-corrected chi connectivity index (χ1v) is 7.92. The van der Waals surface area contributed by atoms with E-state index >= 15 is 0 Å². The Bertz CT molecular complexity index is 646. The van der Waals surface area contributed by atoms with Gasteiger partial charge >= 0.3 is 11.7 Å². The fourth-order valence-electron chi connectivity index (χ4n) is 1.64. The van der Waals surface area contributed by atoms with Crippen LogP contribution in [-0.2, 0) is 19.4 Å². The quantitative estimate of drug-likeness (QED) is 0.710. The topological polar surface area (TPSA) is 101 Å². The molecule has 1 rings (SSSR count). The molecule has 0 aliphatic rings. The molecule has 0 saturated heterocycles. The van der Waals surface area contributed by atoms with Gasteiger partial charge in [0.1, 0.15) is 0 Å². The summed E-state index contributed by atoms with van der Waals surface area (Å²) in [4.78, 5) is 21.3. The van der Waals surface area contributed by atoms with E-state index in [1.807, 2.05) is 0 Å². The molecular weight excluding hydrogens is 320 g/mol. The molecule has 0 aromatic heterocycles. The number of sulfone groups is 1. The number of carboxylic acid groups (broad SMARTS) is 1. The maximum atomic E-state index is 12.4. The van der Waals surface area contributed by atoms with E-state index in [1.165, 1.54) is 12.1 Å². The van der Waals surface area contributed by atoms with Gasteiger partial charge in [-0.05, 0) is 31.0 Å². The number of benzene rings is 1. The summed E-state index contributed by atoms with van der Waals surface area (Å²) < 4.78 is 47.5. The zero-order valence-electron chi connectivity index (χ0n) is 11.5. The number of hydrogen-bond donors (Lipinski definition) is 2. The second-order valence-corrected chi connectivity index (χ2v) is 6.40. The smallest absolute Gasteiger partial charge is 0.341 e. The molecule has 1 aromatic carbocycles. The van der Waals surface area contributed by atoms with Gasteiger partial charge in [-0.25, -0.2) is 8.42 Å². The molecule has 6 nitrogen and oxygen atoms in total. The first-order valence-electron chi connectivity index (χ1n) is 6.37. The maximum absolute atomic E-state index is 12.4. The van der Waals surface area contributed by atoms with Crippen LogP contribution in [0.2, 0.25) is 0 Å². The van der Waals surface area contributed by atoms with E-state index in [-0.39, 0.29) is 18.5 Å². The van der Waals surface area contributed by atoms with E-state index in [0.717, 1.165) is 12.1 Å². The number of hydrogen-bond acceptors (Lipinski definition) is 4. The van der Waals surface area contributed by atoms with Crippen molar-refractivity contribution in [3.05, 3.63) is 24.3 Å². The Morgan fingerprint density at radius 2 is 1.82 bits per heavy atom. The Kier molecular flexibility index (Phi) is 6.41. The van der Waals surface area contributed by atoms with Crippen molar-refractivity contribution in [2.45, 2.75) is 36.3 Å². The van der Waals surface area contributed by atoms with E-state index in [1.54, 1.807) is 0 Å². The minimum atomic E-state index is -4.72. The highest BCUT2D eigenvalue weighted by atomic mass is 32.2. The highest BCUT2D eigenvalue weighted by Crippen LogP contribution is 2.21. The Morgan fingerprint density at radius 1 is 1.18 bits per heavy atom. The molecule has 0 radical (unpaired) electrons. The number of alkyl halides is 2. The fraction of sp³-hybridized carbons (Fsp3) is 0.385. The number of aliphatic carboxylic acids is 1. The van der Waals surface area contributed by atoms with Gasteiger partial charge in [0.25, 0.3) is 0 Å². The van der Waals surface area contributed by atoms with Crippen molar-refractivity contribution in [2.24, 2.45) is 0 Å². The van der Waals surface area contributed by atoms with E-state index in [0.29, 0.717) is 12.8 Å². The van der Waals surface area contributed by atoms with Crippen LogP contribution in [0.5, 0.6) is 0 Å². The predicted octanol–water partition coefficient (Wildman–Crippen LogP) is 2.27. The number of carbonyl (C=O) groups excluding carboxylic acids is 1. The number of unbranched alkanes of at least 4 members (excludes halogenated alkanes) is 1. The standard InChI is InChI=1S/C13H15F2NO5S/c14-13(15)22(20,21)10-5-3-4-9(8-10)16-11(17)6-1-2-7-12(18)19/h3-5,8,13H,1-2,6-7H2,(H,16,17)(H,18,19). The number of anilines is 1. The molecule has 0 aliphatic heterocycles. The number of carboxylic acids is 1. The Labute approximate surface area is 126 Å². The Hall–Kier alpha value is -2.03. The number of rotatable bonds is 8. The van der Waals surface area contributed by atoms with Gasteiger partial charge in [0, 0.05) is 18.5 Å². The van der Waals surface area contributed by atoms with Crippen LogP contribution in [0.1, 0.15) is 25.7 Å². The van der Waals surface area contributed by atoms with Crippen LogP contribution in [0.25, 0.3) is 0 Å². The summed E-state index contributed by atoms with van der Waals surface area (Å²) in [5.41, 5.74) is 0.0879. The Balaban J connectivity index is 2.64. The van der Waals surface area contributed by atoms with Gasteiger partial charge in [-0.2, -0.15) is 8.78 Å². The molecule has 22 heavy (non-hydrogen) atoms. The monoisotopic (exact) mass is 335 g/mol. The Morgan fingerprint density at radius 3 is 2.41 bits per heavy atom. The van der Waals surface area contributed by atoms with Gasteiger partial charge in [-0.1, -0.05) is 6.07 Å². The summed E-state index contributed by atoms with van der Waals surface area (Å²) in [6, 6.07) is 4.59. The first-order chi connectivity index (χ1) is 10.2. The maximum Gasteiger partial charge on any atom is 0.341 e. The van der Waals surface area contributed by atoms with Crippen molar-refractivity contribution in [1.82, 2.24) is 0 Å². The van der Waals surface area contributed by atoms with Crippen LogP contribution >= 0.6 is 0 Å². The second kappa shape index (κ2) is 7.83.